The highest BCUT2D eigenvalue weighted by atomic mass is 16.1. The third-order valence-corrected chi connectivity index (χ3v) is 2.66. The second-order valence-electron chi connectivity index (χ2n) is 3.97. The topological polar surface area (TPSA) is 41.1 Å². The summed E-state index contributed by atoms with van der Waals surface area (Å²) in [7, 11) is 0. The highest BCUT2D eigenvalue weighted by Gasteiger charge is 2.17. The molecule has 1 fully saturated rings. The molecule has 76 valence electrons. The highest BCUT2D eigenvalue weighted by molar-refractivity contribution is 5.76. The molecule has 2 atom stereocenters. The van der Waals surface area contributed by atoms with Crippen molar-refractivity contribution in [2.45, 2.75) is 39.2 Å². The largest absolute Gasteiger partial charge is 0.352 e. The number of amides is 1. The summed E-state index contributed by atoms with van der Waals surface area (Å²) in [5, 5.41) is 6.27. The molecule has 1 aliphatic rings. The second kappa shape index (κ2) is 5.22. The van der Waals surface area contributed by atoms with Crippen molar-refractivity contribution in [3.8, 4) is 0 Å². The van der Waals surface area contributed by atoms with Gasteiger partial charge in [0.25, 0.3) is 0 Å². The summed E-state index contributed by atoms with van der Waals surface area (Å²) in [4.78, 5) is 11.4. The molecule has 0 aromatic carbocycles. The van der Waals surface area contributed by atoms with Crippen LogP contribution in [0.1, 0.15) is 33.1 Å². The molecule has 1 saturated heterocycles. The Morgan fingerprint density at radius 3 is 3.00 bits per heavy atom. The van der Waals surface area contributed by atoms with Crippen LogP contribution in [0.3, 0.4) is 0 Å². The van der Waals surface area contributed by atoms with Crippen molar-refractivity contribution in [3.05, 3.63) is 0 Å². The first kappa shape index (κ1) is 10.5. The van der Waals surface area contributed by atoms with Gasteiger partial charge in [-0.15, -0.1) is 0 Å². The average Bonchev–Trinajstić information content (AvgIpc) is 2.56. The lowest BCUT2D eigenvalue weighted by atomic mass is 10.0. The van der Waals surface area contributed by atoms with Crippen LogP contribution in [0.15, 0.2) is 0 Å². The molecular weight excluding hydrogens is 164 g/mol. The Bertz CT molecular complexity index is 164. The van der Waals surface area contributed by atoms with Crippen LogP contribution in [0.2, 0.25) is 0 Å². The molecule has 1 aliphatic heterocycles. The molecule has 0 aromatic heterocycles. The predicted octanol–water partition coefficient (Wildman–Crippen LogP) is 0.901. The Morgan fingerprint density at radius 2 is 2.46 bits per heavy atom. The predicted molar refractivity (Wildman–Crippen MR) is 53.5 cm³/mol. The Morgan fingerprint density at radius 1 is 1.69 bits per heavy atom. The van der Waals surface area contributed by atoms with Crippen molar-refractivity contribution in [2.75, 3.05) is 13.1 Å². The van der Waals surface area contributed by atoms with Gasteiger partial charge in [-0.25, -0.2) is 0 Å². The van der Waals surface area contributed by atoms with Crippen LogP contribution in [-0.2, 0) is 4.79 Å². The van der Waals surface area contributed by atoms with E-state index in [9.17, 15) is 4.79 Å². The Kier molecular flexibility index (Phi) is 4.22. The molecule has 0 saturated carbocycles. The minimum atomic E-state index is 0.211. The molecule has 13 heavy (non-hydrogen) atoms. The lowest BCUT2D eigenvalue weighted by Gasteiger charge is -2.13. The second-order valence-corrected chi connectivity index (χ2v) is 3.97. The quantitative estimate of drug-likeness (QED) is 0.681. The maximum Gasteiger partial charge on any atom is 0.220 e. The first-order valence-corrected chi connectivity index (χ1v) is 5.22. The molecule has 0 aromatic rings. The fourth-order valence-electron chi connectivity index (χ4n) is 1.53. The maximum atomic E-state index is 11.4. The normalized spacial score (nSPS) is 24.3. The van der Waals surface area contributed by atoms with Crippen molar-refractivity contribution in [3.63, 3.8) is 0 Å². The van der Waals surface area contributed by atoms with E-state index in [1.54, 1.807) is 0 Å². The summed E-state index contributed by atoms with van der Waals surface area (Å²) < 4.78 is 0. The van der Waals surface area contributed by atoms with E-state index in [0.717, 1.165) is 25.9 Å². The standard InChI is InChI=1S/C10H20N2O/c1-3-8(2)6-10(13)12-9-4-5-11-7-9/h8-9,11H,3-7H2,1-2H3,(H,12,13)/t8?,9-/m1/s1. The molecule has 3 nitrogen and oxygen atoms in total. The number of carbonyl (C=O) groups excluding carboxylic acids is 1. The fraction of sp³-hybridized carbons (Fsp3) is 0.900. The Hall–Kier alpha value is -0.570. The van der Waals surface area contributed by atoms with Crippen LogP contribution in [0.25, 0.3) is 0 Å². The van der Waals surface area contributed by atoms with Gasteiger partial charge in [0.2, 0.25) is 5.91 Å². The van der Waals surface area contributed by atoms with E-state index in [0.29, 0.717) is 18.4 Å². The molecule has 1 unspecified atom stereocenters. The summed E-state index contributed by atoms with van der Waals surface area (Å²) in [5.74, 6) is 0.720. The van der Waals surface area contributed by atoms with Crippen molar-refractivity contribution in [1.82, 2.24) is 10.6 Å². The first-order valence-electron chi connectivity index (χ1n) is 5.22. The zero-order valence-electron chi connectivity index (χ0n) is 8.60. The van der Waals surface area contributed by atoms with Crippen LogP contribution in [0.4, 0.5) is 0 Å². The smallest absolute Gasteiger partial charge is 0.220 e. The summed E-state index contributed by atoms with van der Waals surface area (Å²) in [6, 6.07) is 0.372. The van der Waals surface area contributed by atoms with Crippen LogP contribution < -0.4 is 10.6 Å². The molecular formula is C10H20N2O. The minimum Gasteiger partial charge on any atom is -0.352 e. The van der Waals surface area contributed by atoms with Crippen molar-refractivity contribution in [2.24, 2.45) is 5.92 Å². The lowest BCUT2D eigenvalue weighted by Crippen LogP contribution is -2.36. The first-order chi connectivity index (χ1) is 6.22. The maximum absolute atomic E-state index is 11.4. The van der Waals surface area contributed by atoms with E-state index in [-0.39, 0.29) is 5.91 Å². The lowest BCUT2D eigenvalue weighted by molar-refractivity contribution is -0.122. The van der Waals surface area contributed by atoms with Crippen molar-refractivity contribution in [1.29, 1.82) is 0 Å². The molecule has 2 N–H and O–H groups in total. The van der Waals surface area contributed by atoms with E-state index >= 15 is 0 Å². The average molecular weight is 184 g/mol. The molecule has 0 spiro atoms. The molecule has 3 heteroatoms. The van der Waals surface area contributed by atoms with Gasteiger partial charge in [0.05, 0.1) is 0 Å². The van der Waals surface area contributed by atoms with Crippen molar-refractivity contribution < 1.29 is 4.79 Å². The molecule has 0 aliphatic carbocycles. The Balaban J connectivity index is 2.16. The molecule has 1 heterocycles. The number of rotatable bonds is 4. The van der Waals surface area contributed by atoms with Gasteiger partial charge in [0.15, 0.2) is 0 Å². The van der Waals surface area contributed by atoms with Gasteiger partial charge >= 0.3 is 0 Å². The summed E-state index contributed by atoms with van der Waals surface area (Å²) >= 11 is 0. The van der Waals surface area contributed by atoms with E-state index < -0.39 is 0 Å². The van der Waals surface area contributed by atoms with Gasteiger partial charge in [0.1, 0.15) is 0 Å². The van der Waals surface area contributed by atoms with Crippen LogP contribution in [-0.4, -0.2) is 25.0 Å². The number of carbonyl (C=O) groups is 1. The Labute approximate surface area is 80.3 Å². The van der Waals surface area contributed by atoms with Gasteiger partial charge < -0.3 is 10.6 Å². The van der Waals surface area contributed by atoms with Gasteiger partial charge in [-0.3, -0.25) is 4.79 Å². The summed E-state index contributed by atoms with van der Waals surface area (Å²) in [6.45, 7) is 6.21. The van der Waals surface area contributed by atoms with Gasteiger partial charge in [-0.05, 0) is 18.9 Å². The molecule has 0 radical (unpaired) electrons. The minimum absolute atomic E-state index is 0.211. The number of nitrogens with one attached hydrogen (secondary N) is 2. The zero-order chi connectivity index (χ0) is 9.68. The SMILES string of the molecule is CCC(C)CC(=O)N[C@@H]1CCNC1. The third kappa shape index (κ3) is 3.77. The highest BCUT2D eigenvalue weighted by Crippen LogP contribution is 2.06. The number of hydrogen-bond donors (Lipinski definition) is 2. The van der Waals surface area contributed by atoms with Crippen LogP contribution in [0.5, 0.6) is 0 Å². The number of hydrogen-bond acceptors (Lipinski definition) is 2. The monoisotopic (exact) mass is 184 g/mol. The van der Waals surface area contributed by atoms with Gasteiger partial charge in [0, 0.05) is 19.0 Å². The van der Waals surface area contributed by atoms with E-state index in [1.807, 2.05) is 0 Å². The van der Waals surface area contributed by atoms with E-state index in [4.69, 9.17) is 0 Å². The van der Waals surface area contributed by atoms with E-state index in [2.05, 4.69) is 24.5 Å². The van der Waals surface area contributed by atoms with Gasteiger partial charge in [-0.2, -0.15) is 0 Å². The molecule has 1 rings (SSSR count). The van der Waals surface area contributed by atoms with Gasteiger partial charge in [-0.1, -0.05) is 20.3 Å². The van der Waals surface area contributed by atoms with Crippen molar-refractivity contribution >= 4 is 5.91 Å². The molecule has 0 bridgehead atoms. The summed E-state index contributed by atoms with van der Waals surface area (Å²) in [5.41, 5.74) is 0. The third-order valence-electron chi connectivity index (χ3n) is 2.66. The van der Waals surface area contributed by atoms with Crippen LogP contribution in [0, 0.1) is 5.92 Å². The van der Waals surface area contributed by atoms with E-state index in [1.165, 1.54) is 0 Å². The van der Waals surface area contributed by atoms with Crippen LogP contribution >= 0.6 is 0 Å². The summed E-state index contributed by atoms with van der Waals surface area (Å²) in [6.07, 6.45) is 2.83. The molecule has 1 amide bonds. The fourth-order valence-corrected chi connectivity index (χ4v) is 1.53. The zero-order valence-corrected chi connectivity index (χ0v) is 8.60.